The predicted molar refractivity (Wildman–Crippen MR) is 151 cm³/mol. The summed E-state index contributed by atoms with van der Waals surface area (Å²) in [7, 11) is 0. The third-order valence-corrected chi connectivity index (χ3v) is 7.09. The summed E-state index contributed by atoms with van der Waals surface area (Å²) >= 11 is 0. The van der Waals surface area contributed by atoms with E-state index in [0.29, 0.717) is 53.2 Å². The van der Waals surface area contributed by atoms with Crippen LogP contribution in [0.5, 0.6) is 5.75 Å². The molecule has 0 spiro atoms. The highest BCUT2D eigenvalue weighted by atomic mass is 19.3. The first-order chi connectivity index (χ1) is 20.9. The largest absolute Gasteiger partial charge is 0.485 e. The number of hydrogen-bond acceptors (Lipinski definition) is 6. The summed E-state index contributed by atoms with van der Waals surface area (Å²) in [6.45, 7) is 0.922. The molecule has 0 aliphatic carbocycles. The number of rotatable bonds is 9. The van der Waals surface area contributed by atoms with Gasteiger partial charge in [-0.15, -0.1) is 0 Å². The second-order valence-corrected chi connectivity index (χ2v) is 10.0. The van der Waals surface area contributed by atoms with E-state index in [-0.39, 0.29) is 23.2 Å². The lowest BCUT2D eigenvalue weighted by atomic mass is 9.95. The highest BCUT2D eigenvalue weighted by Crippen LogP contribution is 2.40. The van der Waals surface area contributed by atoms with Crippen molar-refractivity contribution in [3.05, 3.63) is 90.4 Å². The first kappa shape index (κ1) is 28.3. The van der Waals surface area contributed by atoms with Crippen LogP contribution in [-0.2, 0) is 9.53 Å². The molecule has 6 rings (SSSR count). The number of ether oxygens (including phenoxy) is 2. The van der Waals surface area contributed by atoms with Crippen LogP contribution < -0.4 is 10.1 Å². The first-order valence-corrected chi connectivity index (χ1v) is 13.5. The van der Waals surface area contributed by atoms with E-state index < -0.39 is 36.4 Å². The molecule has 1 fully saturated rings. The van der Waals surface area contributed by atoms with Gasteiger partial charge in [0.15, 0.2) is 0 Å². The van der Waals surface area contributed by atoms with E-state index in [1.54, 1.807) is 36.5 Å². The Balaban J connectivity index is 1.40. The monoisotopic (exact) mass is 591 g/mol. The molecular formula is C31H25F4N5O3. The summed E-state index contributed by atoms with van der Waals surface area (Å²) in [6.07, 6.45) is -0.0760. The topological polar surface area (TPSA) is 102 Å². The standard InChI is InChI=1S/C31H25F4N5O3/c32-19-6-4-17(5-7-19)21(14-24(33)34)31(41)39-26-13-18(8-11-37-26)28-27(22-3-1-2-10-36-22)30-29(40-28)23(15-25(35)38-30)43-20-9-12-42-16-20/h1-8,10-11,13,15,20-21,24,40H,9,12,14,16H2,(H,37,39,41)/t20-,21?/m0/s1. The third kappa shape index (κ3) is 6.19. The van der Waals surface area contributed by atoms with Gasteiger partial charge in [0.05, 0.1) is 36.1 Å². The molecule has 2 atom stereocenters. The third-order valence-electron chi connectivity index (χ3n) is 7.09. The number of H-pyrrole nitrogens is 1. The average molecular weight is 592 g/mol. The van der Waals surface area contributed by atoms with Gasteiger partial charge in [-0.1, -0.05) is 18.2 Å². The Kier molecular flexibility index (Phi) is 8.01. The van der Waals surface area contributed by atoms with Crippen molar-refractivity contribution in [3.63, 3.8) is 0 Å². The zero-order valence-electron chi connectivity index (χ0n) is 22.6. The molecule has 5 aromatic rings. The van der Waals surface area contributed by atoms with Crippen molar-refractivity contribution in [1.82, 2.24) is 19.9 Å². The molecule has 12 heteroatoms. The minimum atomic E-state index is -2.77. The van der Waals surface area contributed by atoms with Gasteiger partial charge in [-0.25, -0.2) is 23.1 Å². The van der Waals surface area contributed by atoms with Crippen molar-refractivity contribution in [3.8, 4) is 28.3 Å². The number of aromatic nitrogens is 4. The van der Waals surface area contributed by atoms with E-state index in [9.17, 15) is 22.4 Å². The lowest BCUT2D eigenvalue weighted by Crippen LogP contribution is -2.23. The normalized spacial score (nSPS) is 15.6. The molecule has 1 aliphatic heterocycles. The predicted octanol–water partition coefficient (Wildman–Crippen LogP) is 6.51. The van der Waals surface area contributed by atoms with Crippen molar-refractivity contribution < 1.29 is 31.8 Å². The lowest BCUT2D eigenvalue weighted by Gasteiger charge is -2.17. The molecule has 1 amide bonds. The Morgan fingerprint density at radius 1 is 1.07 bits per heavy atom. The van der Waals surface area contributed by atoms with E-state index in [0.717, 1.165) is 12.1 Å². The molecule has 43 heavy (non-hydrogen) atoms. The number of hydrogen-bond donors (Lipinski definition) is 2. The SMILES string of the molecule is O=C(Nc1cc(-c2[nH]c3c(O[C@H]4CCOC4)cc(F)nc3c2-c2ccccn2)ccn1)C(CC(F)F)c1ccc(F)cc1. The molecule has 2 N–H and O–H groups in total. The molecule has 1 aliphatic rings. The highest BCUT2D eigenvalue weighted by molar-refractivity contribution is 6.03. The fraction of sp³-hybridized carbons (Fsp3) is 0.226. The van der Waals surface area contributed by atoms with Crippen molar-refractivity contribution in [2.45, 2.75) is 31.3 Å². The second-order valence-electron chi connectivity index (χ2n) is 10.0. The molecule has 220 valence electrons. The molecular weight excluding hydrogens is 566 g/mol. The van der Waals surface area contributed by atoms with E-state index in [1.165, 1.54) is 24.4 Å². The van der Waals surface area contributed by atoms with Crippen molar-refractivity contribution in [2.75, 3.05) is 18.5 Å². The van der Waals surface area contributed by atoms with Gasteiger partial charge in [0.2, 0.25) is 18.3 Å². The van der Waals surface area contributed by atoms with E-state index in [4.69, 9.17) is 9.47 Å². The Bertz CT molecular complexity index is 1740. The quantitative estimate of drug-likeness (QED) is 0.150. The second kappa shape index (κ2) is 12.2. The number of nitrogens with zero attached hydrogens (tertiary/aromatic N) is 3. The number of carbonyl (C=O) groups excluding carboxylic acids is 1. The number of halogens is 4. The van der Waals surface area contributed by atoms with Crippen LogP contribution in [-0.4, -0.2) is 51.6 Å². The molecule has 0 radical (unpaired) electrons. The van der Waals surface area contributed by atoms with Crippen LogP contribution in [0.25, 0.3) is 33.5 Å². The van der Waals surface area contributed by atoms with Crippen LogP contribution in [0, 0.1) is 11.8 Å². The first-order valence-electron chi connectivity index (χ1n) is 13.5. The number of benzene rings is 1. The number of amides is 1. The summed E-state index contributed by atoms with van der Waals surface area (Å²) in [6, 6.07) is 14.6. The zero-order chi connectivity index (χ0) is 29.9. The Morgan fingerprint density at radius 3 is 2.63 bits per heavy atom. The summed E-state index contributed by atoms with van der Waals surface area (Å²) in [5.41, 5.74) is 3.02. The van der Waals surface area contributed by atoms with Crippen LogP contribution in [0.3, 0.4) is 0 Å². The molecule has 1 saturated heterocycles. The maximum Gasteiger partial charge on any atom is 0.239 e. The fourth-order valence-corrected chi connectivity index (χ4v) is 5.09. The van der Waals surface area contributed by atoms with Gasteiger partial charge in [-0.2, -0.15) is 4.39 Å². The van der Waals surface area contributed by atoms with E-state index in [1.807, 2.05) is 0 Å². The number of carbonyl (C=O) groups is 1. The Labute approximate surface area is 243 Å². The van der Waals surface area contributed by atoms with Crippen LogP contribution in [0.15, 0.2) is 73.1 Å². The number of pyridine rings is 3. The van der Waals surface area contributed by atoms with Crippen molar-refractivity contribution >= 4 is 22.8 Å². The number of fused-ring (bicyclic) bond motifs is 1. The van der Waals surface area contributed by atoms with Crippen LogP contribution >= 0.6 is 0 Å². The maximum absolute atomic E-state index is 14.8. The molecule has 0 saturated carbocycles. The van der Waals surface area contributed by atoms with Gasteiger partial charge in [0.25, 0.3) is 0 Å². The lowest BCUT2D eigenvalue weighted by molar-refractivity contribution is -0.118. The molecule has 1 unspecified atom stereocenters. The van der Waals surface area contributed by atoms with Gasteiger partial charge in [0, 0.05) is 36.9 Å². The van der Waals surface area contributed by atoms with Crippen LogP contribution in [0.1, 0.15) is 24.3 Å². The molecule has 5 heterocycles. The number of alkyl halides is 2. The summed E-state index contributed by atoms with van der Waals surface area (Å²) < 4.78 is 66.6. The number of nitrogens with one attached hydrogen (secondary N) is 2. The minimum absolute atomic E-state index is 0.0909. The van der Waals surface area contributed by atoms with E-state index >= 15 is 0 Å². The van der Waals surface area contributed by atoms with Gasteiger partial charge in [-0.3, -0.25) is 9.78 Å². The maximum atomic E-state index is 14.8. The zero-order valence-corrected chi connectivity index (χ0v) is 22.6. The summed E-state index contributed by atoms with van der Waals surface area (Å²) in [5, 5.41) is 2.61. The van der Waals surface area contributed by atoms with E-state index in [2.05, 4.69) is 25.3 Å². The summed E-state index contributed by atoms with van der Waals surface area (Å²) in [5.74, 6) is -2.90. The van der Waals surface area contributed by atoms with Gasteiger partial charge >= 0.3 is 0 Å². The Hall–Kier alpha value is -4.84. The van der Waals surface area contributed by atoms with Crippen LogP contribution in [0.2, 0.25) is 0 Å². The molecule has 8 nitrogen and oxygen atoms in total. The summed E-state index contributed by atoms with van der Waals surface area (Å²) in [4.78, 5) is 29.3. The highest BCUT2D eigenvalue weighted by Gasteiger charge is 2.27. The molecule has 4 aromatic heterocycles. The number of anilines is 1. The van der Waals surface area contributed by atoms with Crippen molar-refractivity contribution in [1.29, 1.82) is 0 Å². The van der Waals surface area contributed by atoms with Crippen molar-refractivity contribution in [2.24, 2.45) is 0 Å². The molecule has 1 aromatic carbocycles. The average Bonchev–Trinajstić information content (AvgIpc) is 3.65. The fourth-order valence-electron chi connectivity index (χ4n) is 5.09. The van der Waals surface area contributed by atoms with Gasteiger partial charge < -0.3 is 19.8 Å². The number of aromatic amines is 1. The minimum Gasteiger partial charge on any atom is -0.485 e. The Morgan fingerprint density at radius 2 is 1.91 bits per heavy atom. The van der Waals surface area contributed by atoms with Gasteiger partial charge in [0.1, 0.15) is 34.5 Å². The van der Waals surface area contributed by atoms with Gasteiger partial charge in [-0.05, 0) is 42.0 Å². The molecule has 0 bridgehead atoms. The smallest absolute Gasteiger partial charge is 0.239 e. The van der Waals surface area contributed by atoms with Crippen LogP contribution in [0.4, 0.5) is 23.4 Å².